The van der Waals surface area contributed by atoms with Crippen molar-refractivity contribution in [3.8, 4) is 0 Å². The highest BCUT2D eigenvalue weighted by Crippen LogP contribution is 2.12. The Hall–Kier alpha value is -2.67. The van der Waals surface area contributed by atoms with Crippen molar-refractivity contribution in [3.63, 3.8) is 0 Å². The molecule has 0 spiro atoms. The largest absolute Gasteiger partial charge is 0.383 e. The van der Waals surface area contributed by atoms with Gasteiger partial charge in [-0.1, -0.05) is 0 Å². The van der Waals surface area contributed by atoms with Gasteiger partial charge in [0.2, 0.25) is 5.91 Å². The maximum atomic E-state index is 13.2. The van der Waals surface area contributed by atoms with Gasteiger partial charge in [-0.2, -0.15) is 0 Å². The molecule has 0 saturated heterocycles. The van der Waals surface area contributed by atoms with E-state index in [2.05, 4.69) is 0 Å². The Labute approximate surface area is 165 Å². The molecule has 0 unspecified atom stereocenters. The molecule has 0 aliphatic rings. The summed E-state index contributed by atoms with van der Waals surface area (Å²) < 4.78 is 20.2. The molecular formula is C21H28FN3O3. The van der Waals surface area contributed by atoms with Crippen LogP contribution in [0.1, 0.15) is 29.9 Å². The van der Waals surface area contributed by atoms with Crippen molar-refractivity contribution < 1.29 is 18.7 Å². The Balaban J connectivity index is 2.15. The standard InChI is InChI=1S/C21H28FN3O3/c1-16(2)25(21(27)17-7-9-18(22)10-8-17)15-20(26)24(12-13-28-4)14-19-6-5-11-23(19)3/h5-11,16H,12-15H2,1-4H3. The quantitative estimate of drug-likeness (QED) is 0.663. The van der Waals surface area contributed by atoms with Crippen molar-refractivity contribution in [1.82, 2.24) is 14.4 Å². The summed E-state index contributed by atoms with van der Waals surface area (Å²) >= 11 is 0. The number of nitrogens with zero attached hydrogens (tertiary/aromatic N) is 3. The van der Waals surface area contributed by atoms with Crippen molar-refractivity contribution in [2.45, 2.75) is 26.4 Å². The van der Waals surface area contributed by atoms with Gasteiger partial charge in [0.1, 0.15) is 12.4 Å². The third-order valence-corrected chi connectivity index (χ3v) is 4.60. The van der Waals surface area contributed by atoms with E-state index in [-0.39, 0.29) is 24.4 Å². The molecule has 1 aromatic heterocycles. The molecular weight excluding hydrogens is 361 g/mol. The van der Waals surface area contributed by atoms with Crippen LogP contribution in [0.25, 0.3) is 0 Å². The molecule has 6 nitrogen and oxygen atoms in total. The van der Waals surface area contributed by atoms with Crippen LogP contribution in [0.3, 0.4) is 0 Å². The van der Waals surface area contributed by atoms with E-state index in [4.69, 9.17) is 4.74 Å². The lowest BCUT2D eigenvalue weighted by atomic mass is 10.1. The van der Waals surface area contributed by atoms with Gasteiger partial charge in [0.25, 0.3) is 5.91 Å². The van der Waals surface area contributed by atoms with Gasteiger partial charge in [-0.3, -0.25) is 9.59 Å². The van der Waals surface area contributed by atoms with Crippen molar-refractivity contribution in [1.29, 1.82) is 0 Å². The van der Waals surface area contributed by atoms with E-state index in [1.807, 2.05) is 43.8 Å². The second-order valence-corrected chi connectivity index (χ2v) is 6.95. The molecule has 0 aliphatic carbocycles. The fourth-order valence-electron chi connectivity index (χ4n) is 2.84. The zero-order valence-corrected chi connectivity index (χ0v) is 16.9. The molecule has 28 heavy (non-hydrogen) atoms. The lowest BCUT2D eigenvalue weighted by Crippen LogP contribution is -2.46. The number of hydrogen-bond donors (Lipinski definition) is 0. The van der Waals surface area contributed by atoms with E-state index in [1.54, 1.807) is 12.0 Å². The van der Waals surface area contributed by atoms with Crippen LogP contribution in [-0.2, 0) is 23.1 Å². The van der Waals surface area contributed by atoms with Crippen molar-refractivity contribution >= 4 is 11.8 Å². The molecule has 0 N–H and O–H groups in total. The van der Waals surface area contributed by atoms with E-state index >= 15 is 0 Å². The molecule has 0 fully saturated rings. The Morgan fingerprint density at radius 3 is 2.39 bits per heavy atom. The molecule has 0 bridgehead atoms. The summed E-state index contributed by atoms with van der Waals surface area (Å²) in [4.78, 5) is 29.0. The topological polar surface area (TPSA) is 54.8 Å². The summed E-state index contributed by atoms with van der Waals surface area (Å²) in [7, 11) is 3.51. The Kier molecular flexibility index (Phi) is 7.75. The van der Waals surface area contributed by atoms with Gasteiger partial charge in [-0.05, 0) is 50.2 Å². The predicted molar refractivity (Wildman–Crippen MR) is 105 cm³/mol. The first-order chi connectivity index (χ1) is 13.3. The van der Waals surface area contributed by atoms with E-state index in [9.17, 15) is 14.0 Å². The first-order valence-corrected chi connectivity index (χ1v) is 9.27. The van der Waals surface area contributed by atoms with Crippen LogP contribution in [0.5, 0.6) is 0 Å². The highest BCUT2D eigenvalue weighted by Gasteiger charge is 2.25. The molecule has 7 heteroatoms. The fourth-order valence-corrected chi connectivity index (χ4v) is 2.84. The van der Waals surface area contributed by atoms with Gasteiger partial charge in [-0.15, -0.1) is 0 Å². The van der Waals surface area contributed by atoms with Crippen LogP contribution in [0.15, 0.2) is 42.6 Å². The predicted octanol–water partition coefficient (Wildman–Crippen LogP) is 2.69. The number of rotatable bonds is 9. The minimum Gasteiger partial charge on any atom is -0.383 e. The minimum atomic E-state index is -0.406. The summed E-state index contributed by atoms with van der Waals surface area (Å²) in [6, 6.07) is 9.06. The first-order valence-electron chi connectivity index (χ1n) is 9.27. The van der Waals surface area contributed by atoms with Gasteiger partial charge in [0.15, 0.2) is 0 Å². The third-order valence-electron chi connectivity index (χ3n) is 4.60. The monoisotopic (exact) mass is 389 g/mol. The van der Waals surface area contributed by atoms with Crippen LogP contribution < -0.4 is 0 Å². The number of methoxy groups -OCH3 is 1. The SMILES string of the molecule is COCCN(Cc1cccn1C)C(=O)CN(C(=O)c1ccc(F)cc1)C(C)C. The molecule has 2 rings (SSSR count). The van der Waals surface area contributed by atoms with Crippen LogP contribution in [0.2, 0.25) is 0 Å². The second kappa shape index (κ2) is 10.0. The Morgan fingerprint density at radius 2 is 1.86 bits per heavy atom. The van der Waals surface area contributed by atoms with Gasteiger partial charge in [0.05, 0.1) is 13.2 Å². The highest BCUT2D eigenvalue weighted by atomic mass is 19.1. The summed E-state index contributed by atoms with van der Waals surface area (Å²) in [6.07, 6.45) is 1.92. The smallest absolute Gasteiger partial charge is 0.254 e. The number of benzene rings is 1. The maximum Gasteiger partial charge on any atom is 0.254 e. The zero-order chi connectivity index (χ0) is 20.7. The van der Waals surface area contributed by atoms with Crippen LogP contribution >= 0.6 is 0 Å². The summed E-state index contributed by atoms with van der Waals surface area (Å²) in [5.41, 5.74) is 1.35. The number of hydrogen-bond acceptors (Lipinski definition) is 3. The van der Waals surface area contributed by atoms with Gasteiger partial charge in [-0.25, -0.2) is 4.39 Å². The molecule has 1 heterocycles. The maximum absolute atomic E-state index is 13.2. The minimum absolute atomic E-state index is 0.0536. The third kappa shape index (κ3) is 5.66. The molecule has 2 aromatic rings. The van der Waals surface area contributed by atoms with Crippen molar-refractivity contribution in [2.75, 3.05) is 26.8 Å². The molecule has 0 aliphatic heterocycles. The normalized spacial score (nSPS) is 10.9. The lowest BCUT2D eigenvalue weighted by molar-refractivity contribution is -0.133. The number of carbonyl (C=O) groups is 2. The Morgan fingerprint density at radius 1 is 1.18 bits per heavy atom. The first kappa shape index (κ1) is 21.6. The number of aryl methyl sites for hydroxylation is 1. The zero-order valence-electron chi connectivity index (χ0n) is 16.9. The lowest BCUT2D eigenvalue weighted by Gasteiger charge is -2.30. The van der Waals surface area contributed by atoms with E-state index in [1.165, 1.54) is 29.2 Å². The summed E-state index contributed by atoms with van der Waals surface area (Å²) in [6.45, 7) is 4.92. The number of amides is 2. The molecule has 0 radical (unpaired) electrons. The molecule has 2 amide bonds. The number of aromatic nitrogens is 1. The van der Waals surface area contributed by atoms with Crippen LogP contribution in [-0.4, -0.2) is 59.0 Å². The summed E-state index contributed by atoms with van der Waals surface area (Å²) in [5.74, 6) is -0.867. The van der Waals surface area contributed by atoms with Crippen LogP contribution in [0, 0.1) is 5.82 Å². The second-order valence-electron chi connectivity index (χ2n) is 6.95. The van der Waals surface area contributed by atoms with E-state index in [0.717, 1.165) is 5.69 Å². The van der Waals surface area contributed by atoms with Gasteiger partial charge in [0, 0.05) is 44.2 Å². The van der Waals surface area contributed by atoms with Gasteiger partial charge < -0.3 is 19.1 Å². The van der Waals surface area contributed by atoms with Crippen molar-refractivity contribution in [3.05, 3.63) is 59.7 Å². The molecule has 0 saturated carbocycles. The highest BCUT2D eigenvalue weighted by molar-refractivity contribution is 5.96. The average molecular weight is 389 g/mol. The fraction of sp³-hybridized carbons (Fsp3) is 0.429. The molecule has 1 aromatic carbocycles. The number of carbonyl (C=O) groups excluding carboxylic acids is 2. The number of ether oxygens (including phenoxy) is 1. The Bertz CT molecular complexity index is 786. The molecule has 152 valence electrons. The summed E-state index contributed by atoms with van der Waals surface area (Å²) in [5, 5.41) is 0. The average Bonchev–Trinajstić information content (AvgIpc) is 3.07. The van der Waals surface area contributed by atoms with E-state index in [0.29, 0.717) is 25.3 Å². The molecule has 0 atom stereocenters. The van der Waals surface area contributed by atoms with Crippen molar-refractivity contribution in [2.24, 2.45) is 7.05 Å². The van der Waals surface area contributed by atoms with Gasteiger partial charge >= 0.3 is 0 Å². The van der Waals surface area contributed by atoms with E-state index < -0.39 is 5.82 Å². The number of halogens is 1. The van der Waals surface area contributed by atoms with Crippen LogP contribution in [0.4, 0.5) is 4.39 Å².